The van der Waals surface area contributed by atoms with Crippen molar-refractivity contribution in [3.05, 3.63) is 40.9 Å². The summed E-state index contributed by atoms with van der Waals surface area (Å²) in [5.74, 6) is -0.235. The molecule has 0 saturated heterocycles. The Kier molecular flexibility index (Phi) is 4.93. The van der Waals surface area contributed by atoms with Crippen LogP contribution in [0.1, 0.15) is 11.1 Å². The highest BCUT2D eigenvalue weighted by atomic mass is 32.2. The largest absolute Gasteiger partial charge is 0.468 e. The van der Waals surface area contributed by atoms with Gasteiger partial charge in [-0.2, -0.15) is 0 Å². The minimum Gasteiger partial charge on any atom is -0.468 e. The van der Waals surface area contributed by atoms with E-state index in [-0.39, 0.29) is 11.2 Å². The van der Waals surface area contributed by atoms with E-state index in [1.54, 1.807) is 5.51 Å². The molecule has 1 heterocycles. The molecule has 0 aliphatic heterocycles. The van der Waals surface area contributed by atoms with Gasteiger partial charge in [0.2, 0.25) is 0 Å². The van der Waals surface area contributed by atoms with E-state index in [4.69, 9.17) is 4.74 Å². The first-order valence-electron chi connectivity index (χ1n) is 5.75. The second-order valence-electron chi connectivity index (χ2n) is 4.02. The maximum atomic E-state index is 11.8. The molecule has 4 nitrogen and oxygen atoms in total. The van der Waals surface area contributed by atoms with E-state index in [9.17, 15) is 4.79 Å². The van der Waals surface area contributed by atoms with Crippen molar-refractivity contribution < 1.29 is 9.53 Å². The van der Waals surface area contributed by atoms with E-state index in [1.807, 2.05) is 31.2 Å². The molecule has 0 saturated carbocycles. The van der Waals surface area contributed by atoms with Crippen LogP contribution < -0.4 is 0 Å². The van der Waals surface area contributed by atoms with Gasteiger partial charge in [-0.15, -0.1) is 10.2 Å². The monoisotopic (exact) mass is 294 g/mol. The summed E-state index contributed by atoms with van der Waals surface area (Å²) >= 11 is 2.82. The number of hydrogen-bond acceptors (Lipinski definition) is 6. The zero-order valence-corrected chi connectivity index (χ0v) is 12.3. The van der Waals surface area contributed by atoms with Crippen molar-refractivity contribution in [1.82, 2.24) is 10.2 Å². The van der Waals surface area contributed by atoms with Crippen LogP contribution in [-0.2, 0) is 16.0 Å². The summed E-state index contributed by atoms with van der Waals surface area (Å²) in [4.78, 5) is 11.8. The number of aryl methyl sites for hydroxylation is 1. The summed E-state index contributed by atoms with van der Waals surface area (Å²) in [5, 5.41) is 7.44. The van der Waals surface area contributed by atoms with Crippen molar-refractivity contribution in [2.24, 2.45) is 0 Å². The molecule has 0 aliphatic carbocycles. The second kappa shape index (κ2) is 6.68. The Morgan fingerprint density at radius 3 is 2.74 bits per heavy atom. The van der Waals surface area contributed by atoms with Gasteiger partial charge in [0, 0.05) is 0 Å². The molecular weight excluding hydrogens is 280 g/mol. The van der Waals surface area contributed by atoms with Crippen LogP contribution in [0.15, 0.2) is 34.1 Å². The molecule has 6 heteroatoms. The van der Waals surface area contributed by atoms with Gasteiger partial charge < -0.3 is 4.74 Å². The van der Waals surface area contributed by atoms with Crippen LogP contribution >= 0.6 is 23.1 Å². The zero-order chi connectivity index (χ0) is 13.7. The van der Waals surface area contributed by atoms with Crippen molar-refractivity contribution in [2.45, 2.75) is 22.9 Å². The molecule has 19 heavy (non-hydrogen) atoms. The van der Waals surface area contributed by atoms with Gasteiger partial charge in [0.05, 0.1) is 7.11 Å². The zero-order valence-electron chi connectivity index (χ0n) is 10.7. The number of aromatic nitrogens is 2. The third-order valence-electron chi connectivity index (χ3n) is 2.59. The molecule has 0 aliphatic rings. The molecule has 0 radical (unpaired) electrons. The summed E-state index contributed by atoms with van der Waals surface area (Å²) in [7, 11) is 1.41. The highest BCUT2D eigenvalue weighted by Crippen LogP contribution is 2.27. The van der Waals surface area contributed by atoms with E-state index in [0.717, 1.165) is 9.90 Å². The van der Waals surface area contributed by atoms with Crippen LogP contribution in [0.4, 0.5) is 0 Å². The van der Waals surface area contributed by atoms with Crippen LogP contribution in [-0.4, -0.2) is 28.5 Å². The molecule has 0 bridgehead atoms. The van der Waals surface area contributed by atoms with Gasteiger partial charge in [-0.3, -0.25) is 4.79 Å². The fourth-order valence-electron chi connectivity index (χ4n) is 1.58. The highest BCUT2D eigenvalue weighted by Gasteiger charge is 2.22. The normalized spacial score (nSPS) is 12.1. The molecule has 2 aromatic rings. The standard InChI is InChI=1S/C13H14N2O2S2/c1-9-3-5-10(6-4-9)7-11(12(16)17-2)19-13-15-14-8-18-13/h3-6,8,11H,7H2,1-2H3. The fourth-order valence-corrected chi connectivity index (χ4v) is 3.36. The molecule has 2 rings (SSSR count). The van der Waals surface area contributed by atoms with Crippen molar-refractivity contribution in [3.8, 4) is 0 Å². The molecule has 0 amide bonds. The number of nitrogens with zero attached hydrogens (tertiary/aromatic N) is 2. The predicted octanol–water partition coefficient (Wildman–Crippen LogP) is 2.72. The minimum absolute atomic E-state index is 0.235. The second-order valence-corrected chi connectivity index (χ2v) is 6.31. The lowest BCUT2D eigenvalue weighted by molar-refractivity contribution is -0.139. The first kappa shape index (κ1) is 14.0. The molecular formula is C13H14N2O2S2. The predicted molar refractivity (Wildman–Crippen MR) is 76.5 cm³/mol. The molecule has 1 unspecified atom stereocenters. The maximum absolute atomic E-state index is 11.8. The molecule has 1 atom stereocenters. The third kappa shape index (κ3) is 4.04. The summed E-state index contributed by atoms with van der Waals surface area (Å²) in [6.07, 6.45) is 0.622. The summed E-state index contributed by atoms with van der Waals surface area (Å²) in [6.45, 7) is 2.04. The number of ether oxygens (including phenoxy) is 1. The van der Waals surface area contributed by atoms with Crippen LogP contribution in [0.5, 0.6) is 0 Å². The quantitative estimate of drug-likeness (QED) is 0.627. The number of rotatable bonds is 5. The lowest BCUT2D eigenvalue weighted by atomic mass is 10.1. The third-order valence-corrected chi connectivity index (χ3v) is 4.58. The summed E-state index contributed by atoms with van der Waals surface area (Å²) in [6, 6.07) is 8.15. The Hall–Kier alpha value is -1.40. The topological polar surface area (TPSA) is 52.1 Å². The number of carbonyl (C=O) groups excluding carboxylic acids is 1. The summed E-state index contributed by atoms with van der Waals surface area (Å²) < 4.78 is 5.63. The number of methoxy groups -OCH3 is 1. The van der Waals surface area contributed by atoms with E-state index >= 15 is 0 Å². The molecule has 0 spiro atoms. The highest BCUT2D eigenvalue weighted by molar-refractivity contribution is 8.02. The number of esters is 1. The number of benzene rings is 1. The molecule has 1 aromatic heterocycles. The maximum Gasteiger partial charge on any atom is 0.319 e. The van der Waals surface area contributed by atoms with E-state index in [2.05, 4.69) is 10.2 Å². The average Bonchev–Trinajstić information content (AvgIpc) is 2.92. The Morgan fingerprint density at radius 2 is 2.16 bits per heavy atom. The molecule has 1 aromatic carbocycles. The van der Waals surface area contributed by atoms with Crippen molar-refractivity contribution in [2.75, 3.05) is 7.11 Å². The lowest BCUT2D eigenvalue weighted by Gasteiger charge is -2.12. The minimum atomic E-state index is -0.291. The van der Waals surface area contributed by atoms with E-state index in [1.165, 1.54) is 35.8 Å². The fraction of sp³-hybridized carbons (Fsp3) is 0.308. The van der Waals surface area contributed by atoms with Gasteiger partial charge in [-0.05, 0) is 18.9 Å². The Balaban J connectivity index is 2.09. The van der Waals surface area contributed by atoms with Gasteiger partial charge >= 0.3 is 5.97 Å². The van der Waals surface area contributed by atoms with Gasteiger partial charge in [-0.25, -0.2) is 0 Å². The van der Waals surface area contributed by atoms with Crippen LogP contribution in [0, 0.1) is 6.92 Å². The van der Waals surface area contributed by atoms with Crippen molar-refractivity contribution in [1.29, 1.82) is 0 Å². The molecule has 0 fully saturated rings. The van der Waals surface area contributed by atoms with Crippen molar-refractivity contribution >= 4 is 29.1 Å². The Bertz CT molecular complexity index is 526. The Morgan fingerprint density at radius 1 is 1.42 bits per heavy atom. The smallest absolute Gasteiger partial charge is 0.319 e. The first-order valence-corrected chi connectivity index (χ1v) is 7.51. The van der Waals surface area contributed by atoms with Crippen molar-refractivity contribution in [3.63, 3.8) is 0 Å². The van der Waals surface area contributed by atoms with Crippen LogP contribution in [0.25, 0.3) is 0 Å². The first-order chi connectivity index (χ1) is 9.19. The Labute approximate surface area is 120 Å². The number of hydrogen-bond donors (Lipinski definition) is 0. The van der Waals surface area contributed by atoms with Gasteiger partial charge in [0.1, 0.15) is 10.8 Å². The number of carbonyl (C=O) groups is 1. The van der Waals surface area contributed by atoms with Crippen LogP contribution in [0.3, 0.4) is 0 Å². The number of thioether (sulfide) groups is 1. The van der Waals surface area contributed by atoms with Crippen LogP contribution in [0.2, 0.25) is 0 Å². The molecule has 0 N–H and O–H groups in total. The average molecular weight is 294 g/mol. The summed E-state index contributed by atoms with van der Waals surface area (Å²) in [5.41, 5.74) is 3.97. The lowest BCUT2D eigenvalue weighted by Crippen LogP contribution is -2.21. The van der Waals surface area contributed by atoms with Gasteiger partial charge in [-0.1, -0.05) is 52.9 Å². The van der Waals surface area contributed by atoms with Gasteiger partial charge in [0.15, 0.2) is 4.34 Å². The molecule has 100 valence electrons. The SMILES string of the molecule is COC(=O)C(Cc1ccc(C)cc1)Sc1nncs1. The van der Waals surface area contributed by atoms with E-state index in [0.29, 0.717) is 6.42 Å². The van der Waals surface area contributed by atoms with E-state index < -0.39 is 0 Å². The van der Waals surface area contributed by atoms with Gasteiger partial charge in [0.25, 0.3) is 0 Å².